The lowest BCUT2D eigenvalue weighted by atomic mass is 9.88. The highest BCUT2D eigenvalue weighted by molar-refractivity contribution is 5.52. The van der Waals surface area contributed by atoms with Gasteiger partial charge in [0.1, 0.15) is 0 Å². The minimum absolute atomic E-state index is 0.177. The van der Waals surface area contributed by atoms with Crippen LogP contribution in [-0.2, 0) is 6.42 Å². The third-order valence-corrected chi connectivity index (χ3v) is 4.23. The van der Waals surface area contributed by atoms with E-state index in [4.69, 9.17) is 9.47 Å². The number of nitrogens with zero attached hydrogens (tertiary/aromatic N) is 1. The summed E-state index contributed by atoms with van der Waals surface area (Å²) in [5, 5.41) is 3.63. The summed E-state index contributed by atoms with van der Waals surface area (Å²) in [7, 11) is 0. The summed E-state index contributed by atoms with van der Waals surface area (Å²) in [6.07, 6.45) is 4.78. The van der Waals surface area contributed by atoms with Crippen molar-refractivity contribution in [2.45, 2.75) is 33.2 Å². The molecule has 1 aromatic heterocycles. The fourth-order valence-corrected chi connectivity index (χ4v) is 3.19. The van der Waals surface area contributed by atoms with Crippen LogP contribution in [0.3, 0.4) is 0 Å². The normalized spacial score (nSPS) is 16.7. The summed E-state index contributed by atoms with van der Waals surface area (Å²) in [5.41, 5.74) is 5.08. The first-order chi connectivity index (χ1) is 11.2. The molecule has 1 atom stereocenters. The highest BCUT2D eigenvalue weighted by atomic mass is 16.5. The number of hydrogen-bond acceptors (Lipinski definition) is 4. The second-order valence-corrected chi connectivity index (χ2v) is 5.73. The molecule has 0 amide bonds. The number of rotatable bonds is 5. The highest BCUT2D eigenvalue weighted by Gasteiger charge is 2.25. The Morgan fingerprint density at radius 1 is 1.13 bits per heavy atom. The molecule has 0 spiro atoms. The lowest BCUT2D eigenvalue weighted by Gasteiger charge is -2.29. The monoisotopic (exact) mass is 312 g/mol. The van der Waals surface area contributed by atoms with Crippen molar-refractivity contribution in [3.63, 3.8) is 0 Å². The summed E-state index contributed by atoms with van der Waals surface area (Å²) < 4.78 is 11.6. The molecule has 2 aromatic rings. The molecule has 4 heteroatoms. The number of hydrogen-bond donors (Lipinski definition) is 1. The maximum atomic E-state index is 5.80. The Labute approximate surface area is 137 Å². The van der Waals surface area contributed by atoms with Gasteiger partial charge in [-0.15, -0.1) is 0 Å². The Bertz CT molecular complexity index is 685. The van der Waals surface area contributed by atoms with E-state index in [1.165, 1.54) is 22.3 Å². The first kappa shape index (κ1) is 15.8. The number of aryl methyl sites for hydroxylation is 1. The molecule has 0 saturated heterocycles. The second kappa shape index (κ2) is 7.01. The van der Waals surface area contributed by atoms with Crippen LogP contribution in [0.1, 0.15) is 42.1 Å². The third-order valence-electron chi connectivity index (χ3n) is 4.23. The van der Waals surface area contributed by atoms with Gasteiger partial charge in [0.25, 0.3) is 0 Å². The maximum Gasteiger partial charge on any atom is 0.161 e. The summed E-state index contributed by atoms with van der Waals surface area (Å²) in [6.45, 7) is 8.34. The average Bonchev–Trinajstić information content (AvgIpc) is 2.56. The lowest BCUT2D eigenvalue weighted by Crippen LogP contribution is -2.31. The summed E-state index contributed by atoms with van der Waals surface area (Å²) in [4.78, 5) is 4.21. The minimum atomic E-state index is 0.177. The molecule has 1 aliphatic rings. The largest absolute Gasteiger partial charge is 0.490 e. The minimum Gasteiger partial charge on any atom is -0.490 e. The fourth-order valence-electron chi connectivity index (χ4n) is 3.19. The molecular weight excluding hydrogens is 288 g/mol. The van der Waals surface area contributed by atoms with Crippen LogP contribution in [0, 0.1) is 6.92 Å². The molecule has 4 nitrogen and oxygen atoms in total. The van der Waals surface area contributed by atoms with Crippen molar-refractivity contribution in [2.24, 2.45) is 0 Å². The zero-order valence-corrected chi connectivity index (χ0v) is 14.1. The number of fused-ring (bicyclic) bond motifs is 1. The Hall–Kier alpha value is -2.07. The van der Waals surface area contributed by atoms with Crippen LogP contribution in [-0.4, -0.2) is 24.7 Å². The van der Waals surface area contributed by atoms with Crippen LogP contribution in [0.25, 0.3) is 0 Å². The SMILES string of the molecule is CCOc1cc2c(cc1OCC)C(c1ccncc1C)NCC2. The lowest BCUT2D eigenvalue weighted by molar-refractivity contribution is 0.286. The Balaban J connectivity index is 2.07. The molecule has 0 aliphatic carbocycles. The van der Waals surface area contributed by atoms with E-state index >= 15 is 0 Å². The topological polar surface area (TPSA) is 43.4 Å². The molecule has 1 aliphatic heterocycles. The van der Waals surface area contributed by atoms with Crippen molar-refractivity contribution >= 4 is 0 Å². The third kappa shape index (κ3) is 3.17. The van der Waals surface area contributed by atoms with E-state index in [9.17, 15) is 0 Å². The van der Waals surface area contributed by atoms with E-state index in [1.807, 2.05) is 26.2 Å². The number of nitrogens with one attached hydrogen (secondary N) is 1. The van der Waals surface area contributed by atoms with E-state index < -0.39 is 0 Å². The molecule has 0 radical (unpaired) electrons. The van der Waals surface area contributed by atoms with Gasteiger partial charge in [-0.25, -0.2) is 0 Å². The molecule has 2 heterocycles. The molecule has 1 N–H and O–H groups in total. The van der Waals surface area contributed by atoms with Gasteiger partial charge in [-0.3, -0.25) is 4.98 Å². The maximum absolute atomic E-state index is 5.80. The van der Waals surface area contributed by atoms with Crippen molar-refractivity contribution in [2.75, 3.05) is 19.8 Å². The average molecular weight is 312 g/mol. The molecule has 0 saturated carbocycles. The molecule has 23 heavy (non-hydrogen) atoms. The number of benzene rings is 1. The smallest absolute Gasteiger partial charge is 0.161 e. The van der Waals surface area contributed by atoms with Crippen molar-refractivity contribution in [3.8, 4) is 11.5 Å². The molecule has 0 bridgehead atoms. The molecule has 0 fully saturated rings. The Morgan fingerprint density at radius 2 is 1.87 bits per heavy atom. The first-order valence-corrected chi connectivity index (χ1v) is 8.30. The van der Waals surface area contributed by atoms with E-state index in [2.05, 4.69) is 35.4 Å². The molecule has 1 aromatic carbocycles. The number of ether oxygens (including phenoxy) is 2. The zero-order valence-electron chi connectivity index (χ0n) is 14.1. The zero-order chi connectivity index (χ0) is 16.2. The van der Waals surface area contributed by atoms with Crippen LogP contribution < -0.4 is 14.8 Å². The van der Waals surface area contributed by atoms with Gasteiger partial charge in [0.15, 0.2) is 11.5 Å². The van der Waals surface area contributed by atoms with Crippen LogP contribution in [0.2, 0.25) is 0 Å². The van der Waals surface area contributed by atoms with Gasteiger partial charge in [-0.2, -0.15) is 0 Å². The van der Waals surface area contributed by atoms with Gasteiger partial charge in [-0.1, -0.05) is 0 Å². The van der Waals surface area contributed by atoms with E-state index in [0.717, 1.165) is 24.5 Å². The summed E-state index contributed by atoms with van der Waals surface area (Å²) >= 11 is 0. The predicted molar refractivity (Wildman–Crippen MR) is 91.3 cm³/mol. The number of pyridine rings is 1. The molecular formula is C19H24N2O2. The molecule has 3 rings (SSSR count). The Kier molecular flexibility index (Phi) is 4.82. The standard InChI is InChI=1S/C19H24N2O2/c1-4-22-17-10-14-6-9-21-19(15-7-8-20-12-13(15)3)16(14)11-18(17)23-5-2/h7-8,10-12,19,21H,4-6,9H2,1-3H3. The van der Waals surface area contributed by atoms with Gasteiger partial charge >= 0.3 is 0 Å². The second-order valence-electron chi connectivity index (χ2n) is 5.73. The quantitative estimate of drug-likeness (QED) is 0.918. The fraction of sp³-hybridized carbons (Fsp3) is 0.421. The van der Waals surface area contributed by atoms with Crippen molar-refractivity contribution in [1.29, 1.82) is 0 Å². The Morgan fingerprint density at radius 3 is 2.57 bits per heavy atom. The molecule has 1 unspecified atom stereocenters. The van der Waals surface area contributed by atoms with Gasteiger partial charge < -0.3 is 14.8 Å². The van der Waals surface area contributed by atoms with Gasteiger partial charge in [0.2, 0.25) is 0 Å². The summed E-state index contributed by atoms with van der Waals surface area (Å²) in [6, 6.07) is 6.56. The first-order valence-electron chi connectivity index (χ1n) is 8.30. The number of aromatic nitrogens is 1. The van der Waals surface area contributed by atoms with E-state index in [-0.39, 0.29) is 6.04 Å². The molecule has 122 valence electrons. The van der Waals surface area contributed by atoms with Crippen LogP contribution in [0.5, 0.6) is 11.5 Å². The van der Waals surface area contributed by atoms with Gasteiger partial charge in [0, 0.05) is 18.9 Å². The van der Waals surface area contributed by atoms with Gasteiger partial charge in [0.05, 0.1) is 19.3 Å². The van der Waals surface area contributed by atoms with Crippen molar-refractivity contribution in [1.82, 2.24) is 10.3 Å². The van der Waals surface area contributed by atoms with E-state index in [0.29, 0.717) is 13.2 Å². The summed E-state index contributed by atoms with van der Waals surface area (Å²) in [5.74, 6) is 1.67. The predicted octanol–water partition coefficient (Wildman–Crippen LogP) is 3.42. The van der Waals surface area contributed by atoms with Crippen molar-refractivity contribution in [3.05, 3.63) is 52.8 Å². The van der Waals surface area contributed by atoms with E-state index in [1.54, 1.807) is 0 Å². The van der Waals surface area contributed by atoms with Gasteiger partial charge in [-0.05, 0) is 67.6 Å². The van der Waals surface area contributed by atoms with Crippen LogP contribution >= 0.6 is 0 Å². The highest BCUT2D eigenvalue weighted by Crippen LogP contribution is 2.38. The van der Waals surface area contributed by atoms with Crippen LogP contribution in [0.4, 0.5) is 0 Å². The van der Waals surface area contributed by atoms with Crippen LogP contribution in [0.15, 0.2) is 30.6 Å². The van der Waals surface area contributed by atoms with Crippen molar-refractivity contribution < 1.29 is 9.47 Å².